The predicted octanol–water partition coefficient (Wildman–Crippen LogP) is 1.27. The van der Waals surface area contributed by atoms with Crippen molar-refractivity contribution in [1.29, 1.82) is 0 Å². The van der Waals surface area contributed by atoms with E-state index in [0.29, 0.717) is 0 Å². The van der Waals surface area contributed by atoms with Crippen molar-refractivity contribution in [3.05, 3.63) is 25.2 Å². The predicted molar refractivity (Wildman–Crippen MR) is 38.7 cm³/mol. The Labute approximate surface area is 64.0 Å². The number of rotatable bonds is 3. The summed E-state index contributed by atoms with van der Waals surface area (Å²) in [6.45, 7) is 6.71. The Morgan fingerprint density at radius 1 is 1.73 bits per heavy atom. The summed E-state index contributed by atoms with van der Waals surface area (Å²) in [7, 11) is 0. The zero-order valence-corrected chi connectivity index (χ0v) is 6.06. The molecular weight excluding hydrogens is 150 g/mol. The Hall–Kier alpha value is -1.06. The SMILES string of the molecule is C=CN(C(=C)N)C1CC1(F)F. The van der Waals surface area contributed by atoms with Gasteiger partial charge in [0.1, 0.15) is 6.04 Å². The van der Waals surface area contributed by atoms with E-state index >= 15 is 0 Å². The maximum absolute atomic E-state index is 12.4. The van der Waals surface area contributed by atoms with E-state index in [1.54, 1.807) is 0 Å². The van der Waals surface area contributed by atoms with Crippen LogP contribution < -0.4 is 5.73 Å². The lowest BCUT2D eigenvalue weighted by Crippen LogP contribution is -2.27. The summed E-state index contributed by atoms with van der Waals surface area (Å²) in [4.78, 5) is 1.19. The summed E-state index contributed by atoms with van der Waals surface area (Å²) < 4.78 is 24.8. The van der Waals surface area contributed by atoms with E-state index in [1.165, 1.54) is 11.1 Å². The Balaban J connectivity index is 2.60. The topological polar surface area (TPSA) is 29.3 Å². The fourth-order valence-corrected chi connectivity index (χ4v) is 0.945. The lowest BCUT2D eigenvalue weighted by molar-refractivity contribution is 0.0912. The van der Waals surface area contributed by atoms with Gasteiger partial charge in [-0.15, -0.1) is 0 Å². The van der Waals surface area contributed by atoms with E-state index in [9.17, 15) is 8.78 Å². The minimum Gasteiger partial charge on any atom is -0.386 e. The molecular formula is C7H10F2N2. The van der Waals surface area contributed by atoms with Crippen molar-refractivity contribution < 1.29 is 8.78 Å². The van der Waals surface area contributed by atoms with Crippen LogP contribution in [0.15, 0.2) is 25.2 Å². The molecule has 0 aromatic carbocycles. The van der Waals surface area contributed by atoms with Crippen molar-refractivity contribution >= 4 is 0 Å². The van der Waals surface area contributed by atoms with Crippen molar-refractivity contribution in [3.63, 3.8) is 0 Å². The largest absolute Gasteiger partial charge is 0.386 e. The van der Waals surface area contributed by atoms with Gasteiger partial charge in [0, 0.05) is 6.42 Å². The number of hydrogen-bond acceptors (Lipinski definition) is 2. The zero-order valence-electron chi connectivity index (χ0n) is 6.06. The first-order valence-electron chi connectivity index (χ1n) is 3.22. The zero-order chi connectivity index (χ0) is 8.65. The lowest BCUT2D eigenvalue weighted by atomic mass is 10.5. The number of halogens is 2. The maximum Gasteiger partial charge on any atom is 0.270 e. The van der Waals surface area contributed by atoms with Gasteiger partial charge in [-0.1, -0.05) is 13.2 Å². The van der Waals surface area contributed by atoms with E-state index < -0.39 is 12.0 Å². The van der Waals surface area contributed by atoms with E-state index in [2.05, 4.69) is 13.2 Å². The monoisotopic (exact) mass is 160 g/mol. The second-order valence-electron chi connectivity index (χ2n) is 2.56. The van der Waals surface area contributed by atoms with E-state index in [4.69, 9.17) is 5.73 Å². The summed E-state index contributed by atoms with van der Waals surface area (Å²) in [5.74, 6) is -2.50. The Bertz CT molecular complexity index is 201. The van der Waals surface area contributed by atoms with E-state index in [1.807, 2.05) is 0 Å². The van der Waals surface area contributed by atoms with Crippen LogP contribution in [0.5, 0.6) is 0 Å². The van der Waals surface area contributed by atoms with Gasteiger partial charge in [0.2, 0.25) is 0 Å². The minimum atomic E-state index is -2.61. The van der Waals surface area contributed by atoms with Crippen LogP contribution in [0.3, 0.4) is 0 Å². The van der Waals surface area contributed by atoms with E-state index in [0.717, 1.165) is 0 Å². The van der Waals surface area contributed by atoms with Gasteiger partial charge in [-0.2, -0.15) is 0 Å². The average molecular weight is 160 g/mol. The van der Waals surface area contributed by atoms with Gasteiger partial charge >= 0.3 is 0 Å². The molecule has 62 valence electrons. The van der Waals surface area contributed by atoms with Crippen LogP contribution in [-0.4, -0.2) is 16.9 Å². The Kier molecular flexibility index (Phi) is 1.62. The number of hydrogen-bond donors (Lipinski definition) is 1. The highest BCUT2D eigenvalue weighted by atomic mass is 19.3. The van der Waals surface area contributed by atoms with Gasteiger partial charge in [-0.25, -0.2) is 8.78 Å². The molecule has 0 aliphatic heterocycles. The molecule has 1 fully saturated rings. The third-order valence-electron chi connectivity index (χ3n) is 1.66. The van der Waals surface area contributed by atoms with Gasteiger partial charge in [0.15, 0.2) is 0 Å². The van der Waals surface area contributed by atoms with Crippen molar-refractivity contribution in [1.82, 2.24) is 4.90 Å². The molecule has 1 unspecified atom stereocenters. The first-order chi connectivity index (χ1) is 4.99. The smallest absolute Gasteiger partial charge is 0.270 e. The summed E-state index contributed by atoms with van der Waals surface area (Å²) in [6.07, 6.45) is 1.11. The molecule has 0 bridgehead atoms. The molecule has 4 heteroatoms. The Morgan fingerprint density at radius 2 is 2.18 bits per heavy atom. The molecule has 2 N–H and O–H groups in total. The molecule has 2 nitrogen and oxygen atoms in total. The minimum absolute atomic E-state index is 0.113. The highest BCUT2D eigenvalue weighted by Crippen LogP contribution is 2.46. The molecule has 1 atom stereocenters. The van der Waals surface area contributed by atoms with E-state index in [-0.39, 0.29) is 12.2 Å². The number of nitrogens with zero attached hydrogens (tertiary/aromatic N) is 1. The number of nitrogens with two attached hydrogens (primary N) is 1. The summed E-state index contributed by atoms with van der Waals surface area (Å²) in [5, 5.41) is 0. The fraction of sp³-hybridized carbons (Fsp3) is 0.429. The van der Waals surface area contributed by atoms with Crippen LogP contribution in [0.1, 0.15) is 6.42 Å². The molecule has 11 heavy (non-hydrogen) atoms. The van der Waals surface area contributed by atoms with Crippen LogP contribution in [0.25, 0.3) is 0 Å². The molecule has 1 rings (SSSR count). The third kappa shape index (κ3) is 1.34. The molecule has 0 aromatic rings. The van der Waals surface area contributed by atoms with Crippen molar-refractivity contribution in [2.45, 2.75) is 18.4 Å². The first-order valence-corrected chi connectivity index (χ1v) is 3.22. The normalized spacial score (nSPS) is 25.8. The molecule has 0 heterocycles. The van der Waals surface area contributed by atoms with Gasteiger partial charge in [-0.3, -0.25) is 0 Å². The highest BCUT2D eigenvalue weighted by Gasteiger charge is 2.60. The number of alkyl halides is 2. The standard InChI is InChI=1S/C7H10F2N2/c1-3-11(5(2)10)6-4-7(6,8)9/h3,6H,1-2,4,10H2. The van der Waals surface area contributed by atoms with Gasteiger partial charge in [0.05, 0.1) is 5.82 Å². The maximum atomic E-state index is 12.4. The van der Waals surface area contributed by atoms with Crippen LogP contribution >= 0.6 is 0 Å². The molecule has 0 aromatic heterocycles. The van der Waals surface area contributed by atoms with Crippen molar-refractivity contribution in [3.8, 4) is 0 Å². The van der Waals surface area contributed by atoms with Gasteiger partial charge in [0.25, 0.3) is 5.92 Å². The van der Waals surface area contributed by atoms with Crippen LogP contribution in [0, 0.1) is 0 Å². The summed E-state index contributed by atoms with van der Waals surface area (Å²) >= 11 is 0. The molecule has 1 aliphatic rings. The second kappa shape index (κ2) is 2.22. The van der Waals surface area contributed by atoms with Gasteiger partial charge < -0.3 is 10.6 Å². The Morgan fingerprint density at radius 3 is 2.27 bits per heavy atom. The highest BCUT2D eigenvalue weighted by molar-refractivity contribution is 5.11. The molecule has 0 radical (unpaired) electrons. The second-order valence-corrected chi connectivity index (χ2v) is 2.56. The van der Waals surface area contributed by atoms with Crippen LogP contribution in [0.2, 0.25) is 0 Å². The van der Waals surface area contributed by atoms with Crippen molar-refractivity contribution in [2.75, 3.05) is 0 Å². The first kappa shape index (κ1) is 8.04. The molecule has 0 amide bonds. The molecule has 0 spiro atoms. The van der Waals surface area contributed by atoms with Crippen LogP contribution in [-0.2, 0) is 0 Å². The summed E-state index contributed by atoms with van der Waals surface area (Å²) in [6, 6.07) is -0.822. The lowest BCUT2D eigenvalue weighted by Gasteiger charge is -2.18. The molecule has 1 saturated carbocycles. The summed E-state index contributed by atoms with van der Waals surface area (Å²) in [5.41, 5.74) is 5.24. The van der Waals surface area contributed by atoms with Crippen molar-refractivity contribution in [2.24, 2.45) is 5.73 Å². The third-order valence-corrected chi connectivity index (χ3v) is 1.66. The van der Waals surface area contributed by atoms with Gasteiger partial charge in [-0.05, 0) is 6.20 Å². The van der Waals surface area contributed by atoms with Crippen LogP contribution in [0.4, 0.5) is 8.78 Å². The average Bonchev–Trinajstić information content (AvgIpc) is 2.41. The fourth-order valence-electron chi connectivity index (χ4n) is 0.945. The molecule has 0 saturated heterocycles. The quantitative estimate of drug-likeness (QED) is 0.673. The molecule has 1 aliphatic carbocycles.